The van der Waals surface area contributed by atoms with Crippen LogP contribution in [0.5, 0.6) is 11.6 Å². The zero-order chi connectivity index (χ0) is 52.0. The van der Waals surface area contributed by atoms with E-state index in [1.165, 1.54) is 41.0 Å². The van der Waals surface area contributed by atoms with Gasteiger partial charge in [-0.25, -0.2) is 0 Å². The normalized spacial score (nSPS) is 20.2. The number of carbonyl (C=O) groups is 7. The second-order valence-electron chi connectivity index (χ2n) is 18.8. The third-order valence-corrected chi connectivity index (χ3v) is 14.5. The van der Waals surface area contributed by atoms with Gasteiger partial charge >= 0.3 is 7.60 Å². The molecule has 0 aliphatic carbocycles. The fourth-order valence-corrected chi connectivity index (χ4v) is 10.2. The molecule has 22 nitrogen and oxygen atoms in total. The number of aromatic amines is 1. The Morgan fingerprint density at radius 3 is 2.46 bits per heavy atom. The van der Waals surface area contributed by atoms with Gasteiger partial charge in [0, 0.05) is 68.1 Å². The molecule has 0 radical (unpaired) electrons. The molecule has 0 saturated carbocycles. The van der Waals surface area contributed by atoms with E-state index in [0.717, 1.165) is 5.56 Å². The Morgan fingerprint density at radius 1 is 1.00 bits per heavy atom. The van der Waals surface area contributed by atoms with Crippen LogP contribution in [-0.2, 0) is 35.0 Å². The third-order valence-electron chi connectivity index (χ3n) is 13.3. The lowest BCUT2D eigenvalue weighted by molar-refractivity contribution is -0.145. The number of nitrogens with one attached hydrogen (secondary N) is 3. The van der Waals surface area contributed by atoms with Crippen molar-refractivity contribution in [2.75, 3.05) is 39.4 Å². The van der Waals surface area contributed by atoms with Crippen LogP contribution < -0.4 is 25.8 Å². The molecule has 7 rings (SSSR count). The van der Waals surface area contributed by atoms with Crippen LogP contribution >= 0.6 is 19.2 Å². The topological polar surface area (TPSA) is 317 Å². The average molecular weight is 1040 g/mol. The van der Waals surface area contributed by atoms with Crippen molar-refractivity contribution in [3.63, 3.8) is 0 Å². The summed E-state index contributed by atoms with van der Waals surface area (Å²) in [5.74, 6) is -2.65. The maximum Gasteiger partial charge on any atom is 0.396 e. The van der Waals surface area contributed by atoms with Crippen LogP contribution in [0.25, 0.3) is 10.9 Å². The Hall–Kier alpha value is -6.32. The Bertz CT molecular complexity index is 2740. The number of aryl methyl sites for hydroxylation is 1. The molecule has 2 aromatic heterocycles. The number of benzene rings is 2. The number of aliphatic hydroxyl groups is 1. The standard InChI is InChI=1S/C48H60ClN8O14P/c1-26(2)42(47(64)56-18-16-33(59)23-56)39-22-41(54-71-39)69-19-5-7-28-6-4-8-38(43(28)49)70-25-31(10-14-40(50)60)51-45(62)37-13-11-32-15-17-55(27(3)58)24-36(46(63)57(32)37)53-44(61)35-21-30-20-29(9-12-34(30)52-35)48(65)72(66,67)68/h4,6,8-9,12,20-22,26,31-33,36-37,42,52,59H,5,7,10-11,13-19,23-25H2,1-3H3,(H2,50,60)(H,51,62)(H,53,61)(H2,66,67,68)/t31?,32-,33?,36?,37?,42?/m1/s1. The Kier molecular flexibility index (Phi) is 17.1. The lowest BCUT2D eigenvalue weighted by Crippen LogP contribution is -2.61. The van der Waals surface area contributed by atoms with Crippen molar-refractivity contribution in [2.24, 2.45) is 11.7 Å². The predicted molar refractivity (Wildman–Crippen MR) is 259 cm³/mol. The number of rotatable bonds is 20. The first kappa shape index (κ1) is 53.5. The van der Waals surface area contributed by atoms with Crippen LogP contribution in [0.15, 0.2) is 53.1 Å². The van der Waals surface area contributed by atoms with E-state index in [0.29, 0.717) is 66.1 Å². The minimum absolute atomic E-state index is 0.0384. The summed E-state index contributed by atoms with van der Waals surface area (Å²) in [7, 11) is -5.08. The van der Waals surface area contributed by atoms with Crippen molar-refractivity contribution in [1.29, 1.82) is 0 Å². The molecule has 72 heavy (non-hydrogen) atoms. The first-order chi connectivity index (χ1) is 34.2. The van der Waals surface area contributed by atoms with Crippen LogP contribution in [0.1, 0.15) is 104 Å². The van der Waals surface area contributed by atoms with E-state index in [2.05, 4.69) is 20.8 Å². The number of aliphatic hydroxyl groups excluding tert-OH is 1. The number of β-amino-alcohol motifs (C(OH)–C–C–N with tert-alkyl or cyclic N) is 1. The number of nitrogens with two attached hydrogens (primary N) is 1. The number of amides is 6. The Morgan fingerprint density at radius 2 is 1.76 bits per heavy atom. The van der Waals surface area contributed by atoms with Gasteiger partial charge in [0.15, 0.2) is 5.76 Å². The quantitative estimate of drug-likeness (QED) is 0.0494. The highest BCUT2D eigenvalue weighted by Crippen LogP contribution is 2.40. The van der Waals surface area contributed by atoms with E-state index in [9.17, 15) is 53.0 Å². The molecule has 0 spiro atoms. The average Bonchev–Trinajstić information content (AvgIpc) is 4.16. The number of likely N-dealkylation sites (tertiary alicyclic amines) is 1. The van der Waals surface area contributed by atoms with Crippen molar-refractivity contribution in [2.45, 2.75) is 108 Å². The van der Waals surface area contributed by atoms with Gasteiger partial charge in [-0.15, -0.1) is 0 Å². The number of H-pyrrole nitrogens is 1. The zero-order valence-corrected chi connectivity index (χ0v) is 41.7. The number of primary amides is 1. The molecule has 5 unspecified atom stereocenters. The molecular formula is C48H60ClN8O14P. The van der Waals surface area contributed by atoms with E-state index in [4.69, 9.17) is 31.3 Å². The zero-order valence-electron chi connectivity index (χ0n) is 40.1. The lowest BCUT2D eigenvalue weighted by Gasteiger charge is -2.38. The summed E-state index contributed by atoms with van der Waals surface area (Å²) in [6, 6.07) is 8.56. The van der Waals surface area contributed by atoms with Crippen molar-refractivity contribution >= 4 is 71.1 Å². The summed E-state index contributed by atoms with van der Waals surface area (Å²) in [5, 5.41) is 20.2. The van der Waals surface area contributed by atoms with Gasteiger partial charge in [0.25, 0.3) is 17.3 Å². The summed E-state index contributed by atoms with van der Waals surface area (Å²) in [6.07, 6.45) is 2.06. The van der Waals surface area contributed by atoms with E-state index in [1.807, 2.05) is 19.9 Å². The number of carbonyl (C=O) groups excluding carboxylic acids is 7. The van der Waals surface area contributed by atoms with Gasteiger partial charge in [0.2, 0.25) is 29.5 Å². The Labute approximate surface area is 419 Å². The SMILES string of the molecule is CC(=O)N1CC[C@H]2CCC(C(=O)NC(CCC(N)=O)COc3cccc(CCCOc4cc(C(C(=O)N5CCC(O)C5)C(C)C)on4)c3Cl)N2C(=O)C(NC(=O)c2cc3cc(C(=O)P(=O)(O)O)ccc3[nH]2)C1. The first-order valence-corrected chi connectivity index (χ1v) is 25.8. The van der Waals surface area contributed by atoms with E-state index in [-0.39, 0.29) is 87.0 Å². The molecule has 5 heterocycles. The van der Waals surface area contributed by atoms with Gasteiger partial charge < -0.3 is 64.9 Å². The van der Waals surface area contributed by atoms with Gasteiger partial charge in [-0.1, -0.05) is 37.6 Å². The van der Waals surface area contributed by atoms with Crippen LogP contribution in [-0.4, -0.2) is 150 Å². The molecule has 3 aliphatic rings. The summed E-state index contributed by atoms with van der Waals surface area (Å²) in [6.45, 7) is 6.12. The summed E-state index contributed by atoms with van der Waals surface area (Å²) in [5.41, 5.74) is 4.95. The van der Waals surface area contributed by atoms with Gasteiger partial charge in [-0.2, -0.15) is 0 Å². The van der Waals surface area contributed by atoms with Crippen molar-refractivity contribution < 1.29 is 67.0 Å². The van der Waals surface area contributed by atoms with E-state index < -0.39 is 72.9 Å². The Balaban J connectivity index is 0.975. The smallest absolute Gasteiger partial charge is 0.396 e. The highest BCUT2D eigenvalue weighted by molar-refractivity contribution is 7.70. The number of nitrogens with zero attached hydrogens (tertiary/aromatic N) is 4. The third kappa shape index (κ3) is 12.8. The van der Waals surface area contributed by atoms with Gasteiger partial charge in [0.1, 0.15) is 36.1 Å². The summed E-state index contributed by atoms with van der Waals surface area (Å²) in [4.78, 5) is 119. The second kappa shape index (κ2) is 23.0. The number of halogens is 1. The molecule has 8 N–H and O–H groups in total. The first-order valence-electron chi connectivity index (χ1n) is 23.8. The molecule has 3 aliphatic heterocycles. The van der Waals surface area contributed by atoms with E-state index >= 15 is 0 Å². The second-order valence-corrected chi connectivity index (χ2v) is 20.7. The molecule has 388 valence electrons. The monoisotopic (exact) mass is 1040 g/mol. The van der Waals surface area contributed by atoms with Crippen molar-refractivity contribution in [3.05, 3.63) is 76.1 Å². The largest absolute Gasteiger partial charge is 0.490 e. The highest BCUT2D eigenvalue weighted by atomic mass is 35.5. The molecule has 6 amide bonds. The molecule has 4 aromatic rings. The number of hydrogen-bond acceptors (Lipinski definition) is 13. The molecule has 3 saturated heterocycles. The van der Waals surface area contributed by atoms with Crippen molar-refractivity contribution in [1.82, 2.24) is 35.5 Å². The molecule has 6 atom stereocenters. The number of fused-ring (bicyclic) bond motifs is 2. The maximum absolute atomic E-state index is 14.5. The van der Waals surface area contributed by atoms with Gasteiger partial charge in [-0.05, 0) is 91.9 Å². The maximum atomic E-state index is 14.5. The van der Waals surface area contributed by atoms with E-state index in [1.54, 1.807) is 23.1 Å². The fraction of sp³-hybridized carbons (Fsp3) is 0.500. The van der Waals surface area contributed by atoms with Crippen LogP contribution in [0.4, 0.5) is 0 Å². The van der Waals surface area contributed by atoms with Crippen LogP contribution in [0.2, 0.25) is 5.02 Å². The number of aromatic nitrogens is 2. The predicted octanol–water partition coefficient (Wildman–Crippen LogP) is 3.01. The molecule has 3 fully saturated rings. The molecule has 2 aromatic carbocycles. The molecule has 24 heteroatoms. The number of ether oxygens (including phenoxy) is 2. The van der Waals surface area contributed by atoms with Crippen molar-refractivity contribution in [3.8, 4) is 11.6 Å². The highest BCUT2D eigenvalue weighted by Gasteiger charge is 2.46. The van der Waals surface area contributed by atoms with Gasteiger partial charge in [0.05, 0.1) is 23.8 Å². The van der Waals surface area contributed by atoms with Gasteiger partial charge in [-0.3, -0.25) is 38.1 Å². The summed E-state index contributed by atoms with van der Waals surface area (Å²) >= 11 is 6.83. The van der Waals surface area contributed by atoms with Crippen LogP contribution in [0.3, 0.4) is 0 Å². The minimum Gasteiger partial charge on any atom is -0.490 e. The fourth-order valence-electron chi connectivity index (χ4n) is 9.48. The summed E-state index contributed by atoms with van der Waals surface area (Å²) < 4.78 is 29.1. The lowest BCUT2D eigenvalue weighted by atomic mass is 9.92. The van der Waals surface area contributed by atoms with Crippen LogP contribution in [0, 0.1) is 5.92 Å². The molecular weight excluding hydrogens is 979 g/mol. The number of hydrogen-bond donors (Lipinski definition) is 7. The molecule has 0 bridgehead atoms. The minimum atomic E-state index is -5.08.